The van der Waals surface area contributed by atoms with Gasteiger partial charge in [-0.1, -0.05) is 18.2 Å². The molecule has 0 fully saturated rings. The van der Waals surface area contributed by atoms with Gasteiger partial charge in [0.2, 0.25) is 0 Å². The van der Waals surface area contributed by atoms with Crippen LogP contribution in [0.2, 0.25) is 0 Å². The minimum atomic E-state index is -0.0776. The number of ether oxygens (including phenoxy) is 2. The normalized spacial score (nSPS) is 14.7. The molecule has 0 bridgehead atoms. The lowest BCUT2D eigenvalue weighted by molar-refractivity contribution is 0.0822. The summed E-state index contributed by atoms with van der Waals surface area (Å²) < 4.78 is 10.5. The number of para-hydroxylation sites is 1. The molecule has 0 aliphatic carbocycles. The van der Waals surface area contributed by atoms with Crippen LogP contribution in [0.4, 0.5) is 0 Å². The summed E-state index contributed by atoms with van der Waals surface area (Å²) in [5.74, 6) is 6.33. The van der Waals surface area contributed by atoms with Crippen LogP contribution in [-0.2, 0) is 4.74 Å². The van der Waals surface area contributed by atoms with Gasteiger partial charge in [0.25, 0.3) is 0 Å². The molecule has 2 atom stereocenters. The Kier molecular flexibility index (Phi) is 4.55. The molecule has 0 saturated heterocycles. The molecule has 4 heteroatoms. The average molecular weight is 210 g/mol. The van der Waals surface area contributed by atoms with E-state index in [0.29, 0.717) is 0 Å². The van der Waals surface area contributed by atoms with Gasteiger partial charge in [0.1, 0.15) is 5.75 Å². The molecule has 0 amide bonds. The zero-order chi connectivity index (χ0) is 11.3. The highest BCUT2D eigenvalue weighted by atomic mass is 16.5. The molecule has 4 nitrogen and oxygen atoms in total. The van der Waals surface area contributed by atoms with E-state index in [1.165, 1.54) is 0 Å². The molecule has 2 unspecified atom stereocenters. The molecule has 0 heterocycles. The van der Waals surface area contributed by atoms with Crippen LogP contribution in [0.1, 0.15) is 18.5 Å². The second kappa shape index (κ2) is 5.70. The second-order valence-electron chi connectivity index (χ2n) is 3.33. The van der Waals surface area contributed by atoms with Crippen LogP contribution in [0.25, 0.3) is 0 Å². The Hall–Kier alpha value is -1.10. The summed E-state index contributed by atoms with van der Waals surface area (Å²) in [4.78, 5) is 0. The Balaban J connectivity index is 3.00. The summed E-state index contributed by atoms with van der Waals surface area (Å²) in [5.41, 5.74) is 3.74. The smallest absolute Gasteiger partial charge is 0.123 e. The zero-order valence-electron chi connectivity index (χ0n) is 9.36. The van der Waals surface area contributed by atoms with Gasteiger partial charge in [0, 0.05) is 12.7 Å². The Morgan fingerprint density at radius 2 is 1.93 bits per heavy atom. The van der Waals surface area contributed by atoms with Crippen molar-refractivity contribution < 1.29 is 9.47 Å². The van der Waals surface area contributed by atoms with Crippen molar-refractivity contribution in [3.05, 3.63) is 29.8 Å². The highest BCUT2D eigenvalue weighted by Crippen LogP contribution is 2.27. The molecule has 1 aromatic carbocycles. The van der Waals surface area contributed by atoms with Crippen LogP contribution in [0.5, 0.6) is 5.75 Å². The maximum absolute atomic E-state index is 5.52. The predicted molar refractivity (Wildman–Crippen MR) is 59.5 cm³/mol. The third-order valence-electron chi connectivity index (χ3n) is 2.49. The first kappa shape index (κ1) is 12.0. The van der Waals surface area contributed by atoms with Crippen molar-refractivity contribution in [3.8, 4) is 5.75 Å². The summed E-state index contributed by atoms with van der Waals surface area (Å²) in [6.07, 6.45) is -0.0219. The Labute approximate surface area is 90.3 Å². The number of hydrogen-bond acceptors (Lipinski definition) is 4. The van der Waals surface area contributed by atoms with E-state index >= 15 is 0 Å². The fourth-order valence-electron chi connectivity index (χ4n) is 1.54. The van der Waals surface area contributed by atoms with Crippen LogP contribution in [0.15, 0.2) is 24.3 Å². The average Bonchev–Trinajstić information content (AvgIpc) is 2.30. The molecule has 1 aromatic rings. The first-order valence-electron chi connectivity index (χ1n) is 4.86. The van der Waals surface area contributed by atoms with Gasteiger partial charge in [-0.3, -0.25) is 11.3 Å². The molecule has 0 aromatic heterocycles. The van der Waals surface area contributed by atoms with Crippen molar-refractivity contribution >= 4 is 0 Å². The van der Waals surface area contributed by atoms with E-state index in [-0.39, 0.29) is 12.1 Å². The first-order valence-corrected chi connectivity index (χ1v) is 4.86. The highest BCUT2D eigenvalue weighted by Gasteiger charge is 2.20. The molecule has 0 aliphatic heterocycles. The third kappa shape index (κ3) is 2.68. The quantitative estimate of drug-likeness (QED) is 0.567. The molecule has 0 spiro atoms. The summed E-state index contributed by atoms with van der Waals surface area (Å²) >= 11 is 0. The molecular formula is C11H18N2O2. The van der Waals surface area contributed by atoms with Crippen LogP contribution < -0.4 is 16.0 Å². The molecule has 0 aliphatic rings. The summed E-state index contributed by atoms with van der Waals surface area (Å²) in [7, 11) is 3.30. The molecule has 15 heavy (non-hydrogen) atoms. The highest BCUT2D eigenvalue weighted by molar-refractivity contribution is 5.36. The fourth-order valence-corrected chi connectivity index (χ4v) is 1.54. The van der Waals surface area contributed by atoms with Gasteiger partial charge in [0.15, 0.2) is 0 Å². The third-order valence-corrected chi connectivity index (χ3v) is 2.49. The van der Waals surface area contributed by atoms with Crippen LogP contribution >= 0.6 is 0 Å². The monoisotopic (exact) mass is 210 g/mol. The molecule has 0 saturated carbocycles. The van der Waals surface area contributed by atoms with Crippen molar-refractivity contribution in [1.29, 1.82) is 0 Å². The van der Waals surface area contributed by atoms with E-state index in [2.05, 4.69) is 5.43 Å². The van der Waals surface area contributed by atoms with Gasteiger partial charge in [-0.05, 0) is 13.0 Å². The number of hydrogen-bond donors (Lipinski definition) is 2. The van der Waals surface area contributed by atoms with Gasteiger partial charge in [0.05, 0.1) is 19.3 Å². The predicted octanol–water partition coefficient (Wildman–Crippen LogP) is 1.23. The lowest BCUT2D eigenvalue weighted by Gasteiger charge is -2.23. The lowest BCUT2D eigenvalue weighted by atomic mass is 10.0. The Morgan fingerprint density at radius 3 is 2.47 bits per heavy atom. The number of benzene rings is 1. The standard InChI is InChI=1S/C11H18N2O2/c1-8(14-2)11(13-12)9-6-4-5-7-10(9)15-3/h4-8,11,13H,12H2,1-3H3. The largest absolute Gasteiger partial charge is 0.496 e. The van der Waals surface area contributed by atoms with E-state index < -0.39 is 0 Å². The molecular weight excluding hydrogens is 192 g/mol. The number of rotatable bonds is 5. The minimum Gasteiger partial charge on any atom is -0.496 e. The second-order valence-corrected chi connectivity index (χ2v) is 3.33. The van der Waals surface area contributed by atoms with E-state index in [0.717, 1.165) is 11.3 Å². The van der Waals surface area contributed by atoms with Gasteiger partial charge in [-0.15, -0.1) is 0 Å². The van der Waals surface area contributed by atoms with Crippen LogP contribution in [0.3, 0.4) is 0 Å². The topological polar surface area (TPSA) is 56.5 Å². The maximum Gasteiger partial charge on any atom is 0.123 e. The molecule has 1 rings (SSSR count). The van der Waals surface area contributed by atoms with Crippen molar-refractivity contribution in [2.24, 2.45) is 5.84 Å². The van der Waals surface area contributed by atoms with E-state index in [1.54, 1.807) is 14.2 Å². The fraction of sp³-hybridized carbons (Fsp3) is 0.455. The number of methoxy groups -OCH3 is 2. The first-order chi connectivity index (χ1) is 7.24. The number of hydrazine groups is 1. The SMILES string of the molecule is COc1ccccc1C(NN)C(C)OC. The number of nitrogens with one attached hydrogen (secondary N) is 1. The van der Waals surface area contributed by atoms with E-state index in [9.17, 15) is 0 Å². The van der Waals surface area contributed by atoms with Crippen molar-refractivity contribution in [1.82, 2.24) is 5.43 Å². The lowest BCUT2D eigenvalue weighted by Crippen LogP contribution is -2.36. The minimum absolute atomic E-state index is 0.0219. The van der Waals surface area contributed by atoms with E-state index in [1.807, 2.05) is 31.2 Å². The number of nitrogens with two attached hydrogens (primary N) is 1. The van der Waals surface area contributed by atoms with Crippen LogP contribution in [0, 0.1) is 0 Å². The van der Waals surface area contributed by atoms with Crippen molar-refractivity contribution in [2.45, 2.75) is 19.1 Å². The van der Waals surface area contributed by atoms with Crippen molar-refractivity contribution in [3.63, 3.8) is 0 Å². The van der Waals surface area contributed by atoms with Gasteiger partial charge in [-0.25, -0.2) is 0 Å². The zero-order valence-corrected chi connectivity index (χ0v) is 9.36. The summed E-state index contributed by atoms with van der Waals surface area (Å²) in [5, 5.41) is 0. The van der Waals surface area contributed by atoms with Crippen LogP contribution in [-0.4, -0.2) is 20.3 Å². The molecule has 84 valence electrons. The Bertz CT molecular complexity index is 304. The van der Waals surface area contributed by atoms with E-state index in [4.69, 9.17) is 15.3 Å². The summed E-state index contributed by atoms with van der Waals surface area (Å²) in [6.45, 7) is 1.96. The van der Waals surface area contributed by atoms with Gasteiger partial charge < -0.3 is 9.47 Å². The maximum atomic E-state index is 5.52. The molecule has 0 radical (unpaired) electrons. The van der Waals surface area contributed by atoms with Gasteiger partial charge in [-0.2, -0.15) is 0 Å². The van der Waals surface area contributed by atoms with Gasteiger partial charge >= 0.3 is 0 Å². The molecule has 3 N–H and O–H groups in total. The Morgan fingerprint density at radius 1 is 1.27 bits per heavy atom. The summed E-state index contributed by atoms with van der Waals surface area (Å²) in [6, 6.07) is 7.67. The van der Waals surface area contributed by atoms with Crippen molar-refractivity contribution in [2.75, 3.05) is 14.2 Å².